The highest BCUT2D eigenvalue weighted by Gasteiger charge is 2.13. The molecule has 0 aliphatic rings. The molecule has 0 bridgehead atoms. The zero-order valence-electron chi connectivity index (χ0n) is 11.0. The van der Waals surface area contributed by atoms with Gasteiger partial charge in [0.25, 0.3) is 0 Å². The topological polar surface area (TPSA) is 50.2 Å². The lowest BCUT2D eigenvalue weighted by Gasteiger charge is -2.05. The number of ketones is 1. The van der Waals surface area contributed by atoms with Gasteiger partial charge in [-0.05, 0) is 37.3 Å². The van der Waals surface area contributed by atoms with Crippen LogP contribution in [-0.4, -0.2) is 15.9 Å². The summed E-state index contributed by atoms with van der Waals surface area (Å²) >= 11 is 0. The molecule has 0 saturated heterocycles. The molecule has 3 nitrogen and oxygen atoms in total. The molecule has 1 aromatic heterocycles. The number of pyridine rings is 1. The minimum atomic E-state index is -0.223. The highest BCUT2D eigenvalue weighted by molar-refractivity contribution is 6.11. The summed E-state index contributed by atoms with van der Waals surface area (Å²) < 4.78 is 0. The number of para-hydroxylation sites is 1. The number of aromatic nitrogens is 1. The van der Waals surface area contributed by atoms with Gasteiger partial charge in [0.2, 0.25) is 0 Å². The molecule has 0 radical (unpaired) electrons. The Labute approximate surface area is 116 Å². The number of aryl methyl sites for hydroxylation is 1. The zero-order valence-corrected chi connectivity index (χ0v) is 11.0. The molecular formula is C17H13NO2. The standard InChI is InChI=1S/C17H13NO2/c1-11-6-7-15-12(8-11)9-13(10-18-15)17(20)14-4-2-3-5-16(14)19/h2-10,19H,1H3. The Morgan fingerprint density at radius 2 is 1.90 bits per heavy atom. The van der Waals surface area contributed by atoms with Crippen LogP contribution in [0.2, 0.25) is 0 Å². The van der Waals surface area contributed by atoms with E-state index in [0.29, 0.717) is 11.1 Å². The second-order valence-electron chi connectivity index (χ2n) is 4.77. The Morgan fingerprint density at radius 1 is 1.10 bits per heavy atom. The normalized spacial score (nSPS) is 10.7. The number of carbonyl (C=O) groups excluding carboxylic acids is 1. The minimum absolute atomic E-state index is 0.0122. The molecule has 3 heteroatoms. The van der Waals surface area contributed by atoms with E-state index >= 15 is 0 Å². The lowest BCUT2D eigenvalue weighted by atomic mass is 10.0. The van der Waals surface area contributed by atoms with Crippen molar-refractivity contribution in [3.63, 3.8) is 0 Å². The smallest absolute Gasteiger partial charge is 0.198 e. The van der Waals surface area contributed by atoms with Crippen molar-refractivity contribution in [2.45, 2.75) is 6.92 Å². The predicted molar refractivity (Wildman–Crippen MR) is 78.0 cm³/mol. The van der Waals surface area contributed by atoms with E-state index in [1.165, 1.54) is 6.07 Å². The highest BCUT2D eigenvalue weighted by atomic mass is 16.3. The van der Waals surface area contributed by atoms with Crippen molar-refractivity contribution in [2.75, 3.05) is 0 Å². The third kappa shape index (κ3) is 2.14. The predicted octanol–water partition coefficient (Wildman–Crippen LogP) is 3.48. The van der Waals surface area contributed by atoms with Crippen LogP contribution >= 0.6 is 0 Å². The molecule has 0 atom stereocenters. The van der Waals surface area contributed by atoms with Crippen LogP contribution in [-0.2, 0) is 0 Å². The SMILES string of the molecule is Cc1ccc2ncc(C(=O)c3ccccc3O)cc2c1. The average molecular weight is 263 g/mol. The summed E-state index contributed by atoms with van der Waals surface area (Å²) in [5.74, 6) is -0.235. The fraction of sp³-hybridized carbons (Fsp3) is 0.0588. The van der Waals surface area contributed by atoms with E-state index in [9.17, 15) is 9.90 Å². The number of hydrogen-bond donors (Lipinski definition) is 1. The maximum atomic E-state index is 12.4. The average Bonchev–Trinajstić information content (AvgIpc) is 2.46. The molecule has 2 aromatic carbocycles. The Balaban J connectivity index is 2.10. The summed E-state index contributed by atoms with van der Waals surface area (Å²) in [6, 6.07) is 14.2. The van der Waals surface area contributed by atoms with E-state index < -0.39 is 0 Å². The molecule has 0 fully saturated rings. The maximum absolute atomic E-state index is 12.4. The quantitative estimate of drug-likeness (QED) is 0.720. The van der Waals surface area contributed by atoms with Gasteiger partial charge in [0.1, 0.15) is 5.75 Å². The lowest BCUT2D eigenvalue weighted by molar-refractivity contribution is 0.103. The molecule has 0 spiro atoms. The largest absolute Gasteiger partial charge is 0.507 e. The van der Waals surface area contributed by atoms with Crippen molar-refractivity contribution in [1.29, 1.82) is 0 Å². The summed E-state index contributed by atoms with van der Waals surface area (Å²) in [4.78, 5) is 16.7. The van der Waals surface area contributed by atoms with Crippen LogP contribution in [0, 0.1) is 6.92 Å². The number of benzene rings is 2. The summed E-state index contributed by atoms with van der Waals surface area (Å²) in [6.07, 6.45) is 1.55. The van der Waals surface area contributed by atoms with Gasteiger partial charge in [-0.15, -0.1) is 0 Å². The molecule has 3 aromatic rings. The number of phenolic OH excluding ortho intramolecular Hbond substituents is 1. The van der Waals surface area contributed by atoms with Crippen LogP contribution in [0.5, 0.6) is 5.75 Å². The number of nitrogens with zero attached hydrogens (tertiary/aromatic N) is 1. The van der Waals surface area contributed by atoms with Gasteiger partial charge < -0.3 is 5.11 Å². The molecule has 0 unspecified atom stereocenters. The molecule has 20 heavy (non-hydrogen) atoms. The van der Waals surface area contributed by atoms with E-state index in [1.54, 1.807) is 24.4 Å². The van der Waals surface area contributed by atoms with Gasteiger partial charge in [0, 0.05) is 17.1 Å². The van der Waals surface area contributed by atoms with Gasteiger partial charge in [0.15, 0.2) is 5.78 Å². The van der Waals surface area contributed by atoms with E-state index in [1.807, 2.05) is 31.2 Å². The molecule has 98 valence electrons. The molecule has 0 amide bonds. The monoisotopic (exact) mass is 263 g/mol. The van der Waals surface area contributed by atoms with E-state index in [2.05, 4.69) is 4.98 Å². The number of fused-ring (bicyclic) bond motifs is 1. The van der Waals surface area contributed by atoms with Gasteiger partial charge in [0.05, 0.1) is 11.1 Å². The minimum Gasteiger partial charge on any atom is -0.507 e. The first-order valence-corrected chi connectivity index (χ1v) is 6.34. The Hall–Kier alpha value is -2.68. The van der Waals surface area contributed by atoms with Crippen molar-refractivity contribution in [2.24, 2.45) is 0 Å². The lowest BCUT2D eigenvalue weighted by Crippen LogP contribution is -2.02. The Morgan fingerprint density at radius 3 is 2.70 bits per heavy atom. The van der Waals surface area contributed by atoms with Crippen LogP contribution < -0.4 is 0 Å². The Bertz CT molecular complexity index is 809. The molecule has 0 aliphatic heterocycles. The van der Waals surface area contributed by atoms with Gasteiger partial charge >= 0.3 is 0 Å². The first-order chi connectivity index (χ1) is 9.65. The van der Waals surface area contributed by atoms with Crippen molar-refractivity contribution in [1.82, 2.24) is 4.98 Å². The molecule has 3 rings (SSSR count). The highest BCUT2D eigenvalue weighted by Crippen LogP contribution is 2.22. The molecule has 1 N–H and O–H groups in total. The van der Waals surface area contributed by atoms with Crippen LogP contribution in [0.25, 0.3) is 10.9 Å². The van der Waals surface area contributed by atoms with Gasteiger partial charge in [-0.3, -0.25) is 9.78 Å². The third-order valence-electron chi connectivity index (χ3n) is 3.25. The van der Waals surface area contributed by atoms with E-state index in [0.717, 1.165) is 16.5 Å². The zero-order chi connectivity index (χ0) is 14.1. The number of rotatable bonds is 2. The third-order valence-corrected chi connectivity index (χ3v) is 3.25. The molecule has 0 saturated carbocycles. The molecule has 0 aliphatic carbocycles. The van der Waals surface area contributed by atoms with Crippen LogP contribution in [0.15, 0.2) is 54.7 Å². The summed E-state index contributed by atoms with van der Waals surface area (Å²) in [6.45, 7) is 2.00. The first kappa shape index (κ1) is 12.4. The maximum Gasteiger partial charge on any atom is 0.198 e. The number of phenols is 1. The second kappa shape index (κ2) is 4.78. The van der Waals surface area contributed by atoms with E-state index in [-0.39, 0.29) is 11.5 Å². The summed E-state index contributed by atoms with van der Waals surface area (Å²) in [5, 5.41) is 10.7. The summed E-state index contributed by atoms with van der Waals surface area (Å²) in [5.41, 5.74) is 2.74. The fourth-order valence-corrected chi connectivity index (χ4v) is 2.20. The molecule has 1 heterocycles. The van der Waals surface area contributed by atoms with Crippen molar-refractivity contribution in [3.05, 3.63) is 71.4 Å². The Kier molecular flexibility index (Phi) is 2.95. The molecular weight excluding hydrogens is 250 g/mol. The van der Waals surface area contributed by atoms with Crippen molar-refractivity contribution >= 4 is 16.7 Å². The summed E-state index contributed by atoms with van der Waals surface area (Å²) in [7, 11) is 0. The number of aromatic hydroxyl groups is 1. The van der Waals surface area contributed by atoms with Gasteiger partial charge in [-0.25, -0.2) is 0 Å². The number of hydrogen-bond acceptors (Lipinski definition) is 3. The first-order valence-electron chi connectivity index (χ1n) is 6.34. The second-order valence-corrected chi connectivity index (χ2v) is 4.77. The van der Waals surface area contributed by atoms with Gasteiger partial charge in [-0.2, -0.15) is 0 Å². The number of carbonyl (C=O) groups is 1. The van der Waals surface area contributed by atoms with E-state index in [4.69, 9.17) is 0 Å². The van der Waals surface area contributed by atoms with Crippen LogP contribution in [0.1, 0.15) is 21.5 Å². The fourth-order valence-electron chi connectivity index (χ4n) is 2.20. The van der Waals surface area contributed by atoms with Crippen molar-refractivity contribution in [3.8, 4) is 5.75 Å². The van der Waals surface area contributed by atoms with Gasteiger partial charge in [-0.1, -0.05) is 23.8 Å². The van der Waals surface area contributed by atoms with Crippen LogP contribution in [0.4, 0.5) is 0 Å². The van der Waals surface area contributed by atoms with Crippen LogP contribution in [0.3, 0.4) is 0 Å². The van der Waals surface area contributed by atoms with Crippen molar-refractivity contribution < 1.29 is 9.90 Å².